The van der Waals surface area contributed by atoms with Crippen LogP contribution in [0, 0.1) is 0 Å². The van der Waals surface area contributed by atoms with Crippen LogP contribution in [0.15, 0.2) is 23.4 Å². The molecular weight excluding hydrogens is 218 g/mol. The van der Waals surface area contributed by atoms with Crippen molar-refractivity contribution in [3.63, 3.8) is 0 Å². The van der Waals surface area contributed by atoms with E-state index in [0.29, 0.717) is 17.7 Å². The number of oxime groups is 1. The SMILES string of the molecule is COc1ccc2c(c1)C(=O)/C(=N/O)CC2(C)C. The van der Waals surface area contributed by atoms with Crippen molar-refractivity contribution in [1.29, 1.82) is 0 Å². The molecule has 1 aromatic carbocycles. The number of hydrogen-bond donors (Lipinski definition) is 1. The monoisotopic (exact) mass is 233 g/mol. The number of carbonyl (C=O) groups excluding carboxylic acids is 1. The summed E-state index contributed by atoms with van der Waals surface area (Å²) >= 11 is 0. The Morgan fingerprint density at radius 3 is 2.71 bits per heavy atom. The summed E-state index contributed by atoms with van der Waals surface area (Å²) in [5, 5.41) is 12.0. The predicted molar refractivity (Wildman–Crippen MR) is 64.2 cm³/mol. The Morgan fingerprint density at radius 2 is 2.12 bits per heavy atom. The van der Waals surface area contributed by atoms with Crippen LogP contribution in [-0.4, -0.2) is 23.8 Å². The zero-order valence-corrected chi connectivity index (χ0v) is 10.2. The van der Waals surface area contributed by atoms with Gasteiger partial charge in [-0.1, -0.05) is 25.1 Å². The Balaban J connectivity index is 2.64. The minimum atomic E-state index is -0.222. The highest BCUT2D eigenvalue weighted by molar-refractivity contribution is 6.47. The molecule has 0 aromatic heterocycles. The highest BCUT2D eigenvalue weighted by Gasteiger charge is 2.36. The van der Waals surface area contributed by atoms with Gasteiger partial charge >= 0.3 is 0 Å². The van der Waals surface area contributed by atoms with Gasteiger partial charge < -0.3 is 9.94 Å². The molecule has 90 valence electrons. The lowest BCUT2D eigenvalue weighted by molar-refractivity contribution is 0.104. The van der Waals surface area contributed by atoms with Crippen molar-refractivity contribution >= 4 is 11.5 Å². The molecule has 0 amide bonds. The van der Waals surface area contributed by atoms with E-state index in [0.717, 1.165) is 5.56 Å². The first-order chi connectivity index (χ1) is 7.99. The number of rotatable bonds is 1. The third-order valence-corrected chi connectivity index (χ3v) is 3.19. The molecule has 0 radical (unpaired) electrons. The Hall–Kier alpha value is -1.84. The average Bonchev–Trinajstić information content (AvgIpc) is 2.33. The van der Waals surface area contributed by atoms with Crippen LogP contribution >= 0.6 is 0 Å². The minimum Gasteiger partial charge on any atom is -0.497 e. The topological polar surface area (TPSA) is 58.9 Å². The van der Waals surface area contributed by atoms with Gasteiger partial charge in [0.15, 0.2) is 0 Å². The second-order valence-electron chi connectivity index (χ2n) is 4.85. The molecule has 0 heterocycles. The van der Waals surface area contributed by atoms with Crippen LogP contribution in [0.5, 0.6) is 5.75 Å². The molecule has 0 bridgehead atoms. The van der Waals surface area contributed by atoms with Crippen LogP contribution in [-0.2, 0) is 5.41 Å². The first-order valence-corrected chi connectivity index (χ1v) is 5.44. The molecule has 1 aliphatic rings. The zero-order chi connectivity index (χ0) is 12.6. The van der Waals surface area contributed by atoms with Crippen molar-refractivity contribution in [3.8, 4) is 5.75 Å². The Morgan fingerprint density at radius 1 is 1.41 bits per heavy atom. The fourth-order valence-electron chi connectivity index (χ4n) is 2.26. The van der Waals surface area contributed by atoms with E-state index in [4.69, 9.17) is 9.94 Å². The first-order valence-electron chi connectivity index (χ1n) is 5.44. The molecule has 17 heavy (non-hydrogen) atoms. The number of hydrogen-bond acceptors (Lipinski definition) is 4. The minimum absolute atomic E-state index is 0.204. The van der Waals surface area contributed by atoms with Gasteiger partial charge in [-0.25, -0.2) is 0 Å². The van der Waals surface area contributed by atoms with Crippen molar-refractivity contribution in [3.05, 3.63) is 29.3 Å². The summed E-state index contributed by atoms with van der Waals surface area (Å²) in [6.07, 6.45) is 0.446. The summed E-state index contributed by atoms with van der Waals surface area (Å²) in [7, 11) is 1.56. The van der Waals surface area contributed by atoms with Crippen LogP contribution in [0.4, 0.5) is 0 Å². The van der Waals surface area contributed by atoms with E-state index < -0.39 is 0 Å². The molecule has 0 saturated heterocycles. The van der Waals surface area contributed by atoms with Crippen LogP contribution in [0.3, 0.4) is 0 Å². The second kappa shape index (κ2) is 3.87. The van der Waals surface area contributed by atoms with Gasteiger partial charge in [0, 0.05) is 12.0 Å². The Kier molecular flexibility index (Phi) is 2.65. The number of fused-ring (bicyclic) bond motifs is 1. The Bertz CT molecular complexity index is 503. The van der Waals surface area contributed by atoms with E-state index >= 15 is 0 Å². The van der Waals surface area contributed by atoms with E-state index in [1.807, 2.05) is 26.0 Å². The summed E-state index contributed by atoms with van der Waals surface area (Å²) < 4.78 is 5.11. The van der Waals surface area contributed by atoms with Gasteiger partial charge in [0.25, 0.3) is 0 Å². The second-order valence-corrected chi connectivity index (χ2v) is 4.85. The number of ether oxygens (including phenoxy) is 1. The van der Waals surface area contributed by atoms with Crippen molar-refractivity contribution in [2.75, 3.05) is 7.11 Å². The lowest BCUT2D eigenvalue weighted by atomic mass is 9.71. The quantitative estimate of drug-likeness (QED) is 0.598. The highest BCUT2D eigenvalue weighted by atomic mass is 16.5. The summed E-state index contributed by atoms with van der Waals surface area (Å²) in [5.41, 5.74) is 1.52. The maximum absolute atomic E-state index is 12.1. The number of ketones is 1. The smallest absolute Gasteiger partial charge is 0.211 e. The number of Topliss-reactive ketones (excluding diaryl/α,β-unsaturated/α-hetero) is 1. The van der Waals surface area contributed by atoms with Crippen molar-refractivity contribution in [1.82, 2.24) is 0 Å². The molecule has 4 heteroatoms. The van der Waals surface area contributed by atoms with Crippen molar-refractivity contribution in [2.24, 2.45) is 5.16 Å². The normalized spacial score (nSPS) is 20.2. The fraction of sp³-hybridized carbons (Fsp3) is 0.385. The Labute approximate surface area is 99.9 Å². The molecule has 1 N–H and O–H groups in total. The predicted octanol–water partition coefficient (Wildman–Crippen LogP) is 2.39. The fourth-order valence-corrected chi connectivity index (χ4v) is 2.26. The first kappa shape index (κ1) is 11.6. The molecule has 1 aromatic rings. The summed E-state index contributed by atoms with van der Waals surface area (Å²) in [6, 6.07) is 5.44. The number of nitrogens with zero attached hydrogens (tertiary/aromatic N) is 1. The molecule has 2 rings (SSSR count). The van der Waals surface area contributed by atoms with Crippen LogP contribution in [0.2, 0.25) is 0 Å². The van der Waals surface area contributed by atoms with Gasteiger partial charge in [-0.15, -0.1) is 0 Å². The maximum atomic E-state index is 12.1. The molecule has 4 nitrogen and oxygen atoms in total. The van der Waals surface area contributed by atoms with Crippen molar-refractivity contribution in [2.45, 2.75) is 25.7 Å². The lowest BCUT2D eigenvalue weighted by Gasteiger charge is -2.31. The van der Waals surface area contributed by atoms with Gasteiger partial charge in [-0.2, -0.15) is 0 Å². The standard InChI is InChI=1S/C13H15NO3/c1-13(2)7-11(14-16)12(15)9-6-8(17-3)4-5-10(9)13/h4-6,16H,7H2,1-3H3/b14-11+. The van der Waals surface area contributed by atoms with E-state index in [1.54, 1.807) is 13.2 Å². The van der Waals surface area contributed by atoms with E-state index in [2.05, 4.69) is 5.16 Å². The summed E-state index contributed by atoms with van der Waals surface area (Å²) in [4.78, 5) is 12.1. The number of benzene rings is 1. The largest absolute Gasteiger partial charge is 0.497 e. The third kappa shape index (κ3) is 1.79. The van der Waals surface area contributed by atoms with Crippen molar-refractivity contribution < 1.29 is 14.7 Å². The van der Waals surface area contributed by atoms with Crippen LogP contribution < -0.4 is 4.74 Å². The molecule has 0 saturated carbocycles. The molecule has 0 unspecified atom stereocenters. The average molecular weight is 233 g/mol. The van der Waals surface area contributed by atoms with Gasteiger partial charge in [-0.05, 0) is 23.1 Å². The summed E-state index contributed by atoms with van der Waals surface area (Å²) in [5.74, 6) is 0.410. The van der Waals surface area contributed by atoms with Gasteiger partial charge in [-0.3, -0.25) is 4.79 Å². The van der Waals surface area contributed by atoms with Gasteiger partial charge in [0.2, 0.25) is 5.78 Å². The van der Waals surface area contributed by atoms with Crippen LogP contribution in [0.1, 0.15) is 36.2 Å². The summed E-state index contributed by atoms with van der Waals surface area (Å²) in [6.45, 7) is 4.05. The van der Waals surface area contributed by atoms with Gasteiger partial charge in [0.05, 0.1) is 7.11 Å². The molecule has 1 aliphatic carbocycles. The molecular formula is C13H15NO3. The molecule has 0 spiro atoms. The van der Waals surface area contributed by atoms with E-state index in [9.17, 15) is 4.79 Å². The molecule has 0 fully saturated rings. The third-order valence-electron chi connectivity index (χ3n) is 3.19. The van der Waals surface area contributed by atoms with Crippen LogP contribution in [0.25, 0.3) is 0 Å². The molecule has 0 aliphatic heterocycles. The maximum Gasteiger partial charge on any atom is 0.211 e. The number of methoxy groups -OCH3 is 1. The number of carbonyl (C=O) groups is 1. The van der Waals surface area contributed by atoms with Gasteiger partial charge in [0.1, 0.15) is 11.5 Å². The highest BCUT2D eigenvalue weighted by Crippen LogP contribution is 2.37. The van der Waals surface area contributed by atoms with E-state index in [-0.39, 0.29) is 16.9 Å². The van der Waals surface area contributed by atoms with E-state index in [1.165, 1.54) is 0 Å². The molecule has 0 atom stereocenters. The lowest BCUT2D eigenvalue weighted by Crippen LogP contribution is -2.34. The zero-order valence-electron chi connectivity index (χ0n) is 10.2.